The molecule has 16 heavy (non-hydrogen) atoms. The highest BCUT2D eigenvalue weighted by molar-refractivity contribution is 5.29. The summed E-state index contributed by atoms with van der Waals surface area (Å²) in [7, 11) is 0. The third-order valence-corrected chi connectivity index (χ3v) is 2.81. The summed E-state index contributed by atoms with van der Waals surface area (Å²) in [4.78, 5) is 0. The van der Waals surface area contributed by atoms with Gasteiger partial charge in [-0.1, -0.05) is 48.6 Å². The van der Waals surface area contributed by atoms with E-state index in [9.17, 15) is 0 Å². The first-order valence-electron chi connectivity index (χ1n) is 5.92. The van der Waals surface area contributed by atoms with Crippen LogP contribution in [0, 0.1) is 0 Å². The molecule has 0 N–H and O–H groups in total. The van der Waals surface area contributed by atoms with Gasteiger partial charge in [0.05, 0.1) is 6.10 Å². The molecule has 0 saturated carbocycles. The minimum absolute atomic E-state index is 0.195. The molecular weight excluding hydrogens is 196 g/mol. The van der Waals surface area contributed by atoms with Crippen molar-refractivity contribution in [3.63, 3.8) is 0 Å². The summed E-state index contributed by atoms with van der Waals surface area (Å²) in [5, 5.41) is 0. The third-order valence-electron chi connectivity index (χ3n) is 2.81. The van der Waals surface area contributed by atoms with E-state index in [0.717, 1.165) is 19.4 Å². The number of hydrogen-bond donors (Lipinski definition) is 0. The number of ether oxygens (including phenoxy) is 1. The minimum Gasteiger partial charge on any atom is -0.373 e. The first kappa shape index (κ1) is 11.2. The fourth-order valence-electron chi connectivity index (χ4n) is 2.01. The van der Waals surface area contributed by atoms with Gasteiger partial charge in [0, 0.05) is 13.0 Å². The predicted molar refractivity (Wildman–Crippen MR) is 67.3 cm³/mol. The van der Waals surface area contributed by atoms with E-state index >= 15 is 0 Å². The lowest BCUT2D eigenvalue weighted by Crippen LogP contribution is -2.04. The molecule has 0 saturated heterocycles. The van der Waals surface area contributed by atoms with Gasteiger partial charge in [-0.05, 0) is 24.5 Å². The van der Waals surface area contributed by atoms with Gasteiger partial charge in [0.1, 0.15) is 0 Å². The smallest absolute Gasteiger partial charge is 0.0864 e. The van der Waals surface area contributed by atoms with Crippen LogP contribution in [-0.4, -0.2) is 6.61 Å². The zero-order valence-corrected chi connectivity index (χ0v) is 9.73. The van der Waals surface area contributed by atoms with Crippen molar-refractivity contribution in [3.8, 4) is 0 Å². The zero-order valence-electron chi connectivity index (χ0n) is 9.73. The molecule has 0 radical (unpaired) electrons. The second kappa shape index (κ2) is 5.66. The molecule has 0 amide bonds. The molecule has 0 spiro atoms. The van der Waals surface area contributed by atoms with Crippen molar-refractivity contribution in [2.24, 2.45) is 0 Å². The van der Waals surface area contributed by atoms with E-state index < -0.39 is 0 Å². The topological polar surface area (TPSA) is 9.23 Å². The van der Waals surface area contributed by atoms with E-state index in [1.165, 1.54) is 11.1 Å². The Morgan fingerprint density at radius 1 is 1.25 bits per heavy atom. The summed E-state index contributed by atoms with van der Waals surface area (Å²) in [6, 6.07) is 10.5. The average Bonchev–Trinajstić information content (AvgIpc) is 2.83. The van der Waals surface area contributed by atoms with Crippen LogP contribution in [0.3, 0.4) is 0 Å². The van der Waals surface area contributed by atoms with E-state index in [4.69, 9.17) is 4.74 Å². The van der Waals surface area contributed by atoms with Gasteiger partial charge in [0.15, 0.2) is 0 Å². The number of benzene rings is 1. The van der Waals surface area contributed by atoms with Crippen molar-refractivity contribution in [2.45, 2.75) is 25.9 Å². The molecule has 0 aliphatic heterocycles. The van der Waals surface area contributed by atoms with Crippen LogP contribution >= 0.6 is 0 Å². The second-order valence-corrected chi connectivity index (χ2v) is 3.98. The third kappa shape index (κ3) is 2.83. The molecule has 0 aromatic heterocycles. The Hall–Kier alpha value is -1.34. The highest BCUT2D eigenvalue weighted by atomic mass is 16.5. The maximum Gasteiger partial charge on any atom is 0.0864 e. The average molecular weight is 214 g/mol. The molecule has 1 heteroatoms. The van der Waals surface area contributed by atoms with Crippen LogP contribution in [0.4, 0.5) is 0 Å². The van der Waals surface area contributed by atoms with E-state index in [0.29, 0.717) is 0 Å². The van der Waals surface area contributed by atoms with Gasteiger partial charge < -0.3 is 4.74 Å². The van der Waals surface area contributed by atoms with E-state index in [1.54, 1.807) is 0 Å². The van der Waals surface area contributed by atoms with Crippen LogP contribution in [-0.2, 0) is 4.74 Å². The van der Waals surface area contributed by atoms with Crippen LogP contribution in [0.25, 0.3) is 0 Å². The predicted octanol–water partition coefficient (Wildman–Crippen LogP) is 4.04. The highest BCUT2D eigenvalue weighted by Crippen LogP contribution is 2.27. The number of allylic oxidation sites excluding steroid dienone is 3. The lowest BCUT2D eigenvalue weighted by molar-refractivity contribution is 0.0634. The first-order chi connectivity index (χ1) is 7.90. The number of hydrogen-bond acceptors (Lipinski definition) is 1. The molecule has 1 aliphatic rings. The molecule has 0 fully saturated rings. The van der Waals surface area contributed by atoms with Gasteiger partial charge in [-0.3, -0.25) is 0 Å². The van der Waals surface area contributed by atoms with Gasteiger partial charge in [0.2, 0.25) is 0 Å². The highest BCUT2D eigenvalue weighted by Gasteiger charge is 2.13. The van der Waals surface area contributed by atoms with Gasteiger partial charge in [-0.2, -0.15) is 0 Å². The second-order valence-electron chi connectivity index (χ2n) is 3.98. The summed E-state index contributed by atoms with van der Waals surface area (Å²) in [6.45, 7) is 2.81. The van der Waals surface area contributed by atoms with Crippen molar-refractivity contribution < 1.29 is 4.74 Å². The molecule has 1 aliphatic carbocycles. The van der Waals surface area contributed by atoms with Crippen LogP contribution in [0.15, 0.2) is 54.1 Å². The van der Waals surface area contributed by atoms with Gasteiger partial charge in [-0.25, -0.2) is 0 Å². The van der Waals surface area contributed by atoms with E-state index in [-0.39, 0.29) is 6.10 Å². The molecule has 1 aromatic rings. The van der Waals surface area contributed by atoms with Crippen LogP contribution in [0.1, 0.15) is 31.4 Å². The maximum atomic E-state index is 5.82. The van der Waals surface area contributed by atoms with Gasteiger partial charge in [0.25, 0.3) is 0 Å². The maximum absolute atomic E-state index is 5.82. The summed E-state index contributed by atoms with van der Waals surface area (Å²) in [5.74, 6) is 0. The van der Waals surface area contributed by atoms with Gasteiger partial charge in [-0.15, -0.1) is 0 Å². The summed E-state index contributed by atoms with van der Waals surface area (Å²) >= 11 is 0. The van der Waals surface area contributed by atoms with Gasteiger partial charge >= 0.3 is 0 Å². The lowest BCUT2D eigenvalue weighted by atomic mass is 10.0. The standard InChI is InChI=1S/C15H18O/c1-2-16-15(12-13-8-6-7-9-13)14-10-4-3-5-11-14/h3-6,8-11,15H,2,7,12H2,1H3. The molecule has 1 aromatic carbocycles. The van der Waals surface area contributed by atoms with Crippen molar-refractivity contribution >= 4 is 0 Å². The zero-order chi connectivity index (χ0) is 11.2. The summed E-state index contributed by atoms with van der Waals surface area (Å²) < 4.78 is 5.82. The van der Waals surface area contributed by atoms with Crippen LogP contribution in [0.5, 0.6) is 0 Å². The molecule has 0 bridgehead atoms. The van der Waals surface area contributed by atoms with Crippen molar-refractivity contribution in [1.29, 1.82) is 0 Å². The molecule has 84 valence electrons. The van der Waals surface area contributed by atoms with Crippen molar-refractivity contribution in [3.05, 3.63) is 59.7 Å². The van der Waals surface area contributed by atoms with Crippen molar-refractivity contribution in [2.75, 3.05) is 6.61 Å². The number of rotatable bonds is 5. The van der Waals surface area contributed by atoms with Crippen LogP contribution < -0.4 is 0 Å². The normalized spacial score (nSPS) is 16.2. The van der Waals surface area contributed by atoms with E-state index in [1.807, 2.05) is 6.07 Å². The molecule has 1 unspecified atom stereocenters. The Morgan fingerprint density at radius 2 is 2.06 bits per heavy atom. The Labute approximate surface area is 97.4 Å². The monoisotopic (exact) mass is 214 g/mol. The molecular formula is C15H18O. The Balaban J connectivity index is 2.08. The molecule has 1 atom stereocenters. The Morgan fingerprint density at radius 3 is 2.69 bits per heavy atom. The quantitative estimate of drug-likeness (QED) is 0.718. The SMILES string of the molecule is CCOC(CC1=CCC=C1)c1ccccc1. The first-order valence-corrected chi connectivity index (χ1v) is 5.92. The molecule has 2 rings (SSSR count). The lowest BCUT2D eigenvalue weighted by Gasteiger charge is -2.17. The summed E-state index contributed by atoms with van der Waals surface area (Å²) in [5.41, 5.74) is 2.66. The fraction of sp³-hybridized carbons (Fsp3) is 0.333. The Bertz CT molecular complexity index is 376. The molecule has 0 heterocycles. The van der Waals surface area contributed by atoms with Crippen LogP contribution in [0.2, 0.25) is 0 Å². The fourth-order valence-corrected chi connectivity index (χ4v) is 2.01. The summed E-state index contributed by atoms with van der Waals surface area (Å²) in [6.07, 6.45) is 8.92. The van der Waals surface area contributed by atoms with Crippen molar-refractivity contribution in [1.82, 2.24) is 0 Å². The largest absolute Gasteiger partial charge is 0.373 e. The van der Waals surface area contributed by atoms with E-state index in [2.05, 4.69) is 49.4 Å². The Kier molecular flexibility index (Phi) is 3.95. The minimum atomic E-state index is 0.195. The molecule has 1 nitrogen and oxygen atoms in total.